The van der Waals surface area contributed by atoms with Crippen molar-refractivity contribution in [2.75, 3.05) is 6.54 Å². The summed E-state index contributed by atoms with van der Waals surface area (Å²) in [7, 11) is -3.79. The van der Waals surface area contributed by atoms with E-state index in [1.165, 1.54) is 18.2 Å². The first-order valence-electron chi connectivity index (χ1n) is 5.31. The van der Waals surface area contributed by atoms with Crippen LogP contribution in [0.5, 0.6) is 0 Å². The standard InChI is InChI=1S/C11H15FN2O2S2/c1-8(2)14(7-11(13)17)18(15,16)10-5-3-4-9(12)6-10/h3-6,8H,7H2,1-2H3,(H2,13,17). The van der Waals surface area contributed by atoms with E-state index >= 15 is 0 Å². The van der Waals surface area contributed by atoms with Gasteiger partial charge in [-0.25, -0.2) is 12.8 Å². The van der Waals surface area contributed by atoms with Gasteiger partial charge in [0.25, 0.3) is 0 Å². The molecule has 1 rings (SSSR count). The Morgan fingerprint density at radius 3 is 2.56 bits per heavy atom. The lowest BCUT2D eigenvalue weighted by Gasteiger charge is -2.25. The molecule has 0 radical (unpaired) electrons. The van der Waals surface area contributed by atoms with E-state index in [4.69, 9.17) is 18.0 Å². The topological polar surface area (TPSA) is 63.4 Å². The van der Waals surface area contributed by atoms with Gasteiger partial charge in [-0.05, 0) is 32.0 Å². The van der Waals surface area contributed by atoms with Gasteiger partial charge in [0.2, 0.25) is 10.0 Å². The second-order valence-corrected chi connectivity index (χ2v) is 6.48. The summed E-state index contributed by atoms with van der Waals surface area (Å²) in [4.78, 5) is -0.0314. The summed E-state index contributed by atoms with van der Waals surface area (Å²) in [5.74, 6) is -0.602. The van der Waals surface area contributed by atoms with Crippen molar-refractivity contribution in [3.63, 3.8) is 0 Å². The average molecular weight is 290 g/mol. The summed E-state index contributed by atoms with van der Waals surface area (Å²) in [6, 6.07) is 4.53. The molecule has 0 aliphatic heterocycles. The predicted octanol–water partition coefficient (Wildman–Crippen LogP) is 1.51. The molecule has 0 fully saturated rings. The predicted molar refractivity (Wildman–Crippen MR) is 72.2 cm³/mol. The minimum atomic E-state index is -3.79. The maximum absolute atomic E-state index is 13.1. The lowest BCUT2D eigenvalue weighted by atomic mass is 10.3. The summed E-state index contributed by atoms with van der Waals surface area (Å²) in [5.41, 5.74) is 5.39. The molecule has 0 aliphatic rings. The molecule has 0 atom stereocenters. The highest BCUT2D eigenvalue weighted by molar-refractivity contribution is 7.89. The fourth-order valence-electron chi connectivity index (χ4n) is 1.46. The van der Waals surface area contributed by atoms with Gasteiger partial charge in [0.05, 0.1) is 16.4 Å². The molecule has 0 spiro atoms. The first-order chi connectivity index (χ1) is 8.25. The van der Waals surface area contributed by atoms with Gasteiger partial charge < -0.3 is 5.73 Å². The second kappa shape index (κ2) is 5.73. The van der Waals surface area contributed by atoms with Crippen molar-refractivity contribution in [1.82, 2.24) is 4.31 Å². The molecule has 0 aromatic heterocycles. The van der Waals surface area contributed by atoms with Gasteiger partial charge in [0.15, 0.2) is 0 Å². The molecule has 0 aliphatic carbocycles. The van der Waals surface area contributed by atoms with Crippen molar-refractivity contribution in [3.8, 4) is 0 Å². The molecule has 0 unspecified atom stereocenters. The zero-order valence-corrected chi connectivity index (χ0v) is 11.8. The first kappa shape index (κ1) is 15.0. The average Bonchev–Trinajstić information content (AvgIpc) is 2.25. The van der Waals surface area contributed by atoms with Gasteiger partial charge in [-0.15, -0.1) is 0 Å². The van der Waals surface area contributed by atoms with E-state index < -0.39 is 15.8 Å². The highest BCUT2D eigenvalue weighted by atomic mass is 32.2. The highest BCUT2D eigenvalue weighted by Crippen LogP contribution is 2.18. The Morgan fingerprint density at radius 1 is 1.50 bits per heavy atom. The molecule has 18 heavy (non-hydrogen) atoms. The van der Waals surface area contributed by atoms with E-state index in [0.717, 1.165) is 10.4 Å². The molecule has 0 bridgehead atoms. The largest absolute Gasteiger partial charge is 0.392 e. The molecular weight excluding hydrogens is 275 g/mol. The molecule has 100 valence electrons. The Kier molecular flexibility index (Phi) is 4.78. The van der Waals surface area contributed by atoms with Crippen molar-refractivity contribution in [2.24, 2.45) is 5.73 Å². The van der Waals surface area contributed by atoms with E-state index in [0.29, 0.717) is 0 Å². The Balaban J connectivity index is 3.21. The number of sulfonamides is 1. The fraction of sp³-hybridized carbons (Fsp3) is 0.364. The smallest absolute Gasteiger partial charge is 0.243 e. The molecule has 1 aromatic rings. The number of nitrogens with zero attached hydrogens (tertiary/aromatic N) is 1. The van der Waals surface area contributed by atoms with Crippen LogP contribution in [0.25, 0.3) is 0 Å². The fourth-order valence-corrected chi connectivity index (χ4v) is 3.33. The first-order valence-corrected chi connectivity index (χ1v) is 7.15. The molecule has 7 heteroatoms. The molecule has 1 aromatic carbocycles. The molecule has 4 nitrogen and oxygen atoms in total. The van der Waals surface area contributed by atoms with Crippen LogP contribution in [0.2, 0.25) is 0 Å². The van der Waals surface area contributed by atoms with Gasteiger partial charge in [-0.1, -0.05) is 18.3 Å². The van der Waals surface area contributed by atoms with Gasteiger partial charge in [0.1, 0.15) is 5.82 Å². The molecular formula is C11H15FN2O2S2. The van der Waals surface area contributed by atoms with E-state index in [1.807, 2.05) is 0 Å². The van der Waals surface area contributed by atoms with Crippen molar-refractivity contribution >= 4 is 27.2 Å². The summed E-state index contributed by atoms with van der Waals surface area (Å²) < 4.78 is 38.8. The van der Waals surface area contributed by atoms with Crippen LogP contribution in [0, 0.1) is 5.82 Å². The Bertz CT molecular complexity index is 544. The number of hydrogen-bond donors (Lipinski definition) is 1. The summed E-state index contributed by atoms with van der Waals surface area (Å²) in [6.07, 6.45) is 0. The molecule has 0 saturated carbocycles. The summed E-state index contributed by atoms with van der Waals surface area (Å²) in [6.45, 7) is 3.34. The number of nitrogens with two attached hydrogens (primary N) is 1. The van der Waals surface area contributed by atoms with Crippen LogP contribution in [-0.4, -0.2) is 30.3 Å². The minimum Gasteiger partial charge on any atom is -0.392 e. The minimum absolute atomic E-state index is 0.0636. The monoisotopic (exact) mass is 290 g/mol. The summed E-state index contributed by atoms with van der Waals surface area (Å²) >= 11 is 4.73. The summed E-state index contributed by atoms with van der Waals surface area (Å²) in [5, 5.41) is 0. The van der Waals surface area contributed by atoms with Crippen LogP contribution >= 0.6 is 12.2 Å². The third-order valence-electron chi connectivity index (χ3n) is 2.29. The third-order valence-corrected chi connectivity index (χ3v) is 4.44. The number of halogens is 1. The Labute approximate surface area is 112 Å². The SMILES string of the molecule is CC(C)N(CC(N)=S)S(=O)(=O)c1cccc(F)c1. The van der Waals surface area contributed by atoms with Crippen molar-refractivity contribution < 1.29 is 12.8 Å². The molecule has 0 saturated heterocycles. The van der Waals surface area contributed by atoms with Crippen molar-refractivity contribution in [2.45, 2.75) is 24.8 Å². The second-order valence-electron chi connectivity index (χ2n) is 4.07. The maximum Gasteiger partial charge on any atom is 0.243 e. The zero-order chi connectivity index (χ0) is 13.9. The molecule has 0 heterocycles. The van der Waals surface area contributed by atoms with E-state index in [2.05, 4.69) is 0 Å². The number of benzene rings is 1. The van der Waals surface area contributed by atoms with E-state index in [-0.39, 0.29) is 22.5 Å². The van der Waals surface area contributed by atoms with Crippen LogP contribution in [0.3, 0.4) is 0 Å². The Hall–Kier alpha value is -1.05. The van der Waals surface area contributed by atoms with Crippen LogP contribution in [0.1, 0.15) is 13.8 Å². The van der Waals surface area contributed by atoms with Gasteiger partial charge in [-0.3, -0.25) is 0 Å². The third kappa shape index (κ3) is 3.47. The van der Waals surface area contributed by atoms with Crippen molar-refractivity contribution in [1.29, 1.82) is 0 Å². The quantitative estimate of drug-likeness (QED) is 0.835. The van der Waals surface area contributed by atoms with Gasteiger partial charge in [-0.2, -0.15) is 4.31 Å². The number of hydrogen-bond acceptors (Lipinski definition) is 3. The highest BCUT2D eigenvalue weighted by Gasteiger charge is 2.27. The maximum atomic E-state index is 13.1. The van der Waals surface area contributed by atoms with E-state index in [9.17, 15) is 12.8 Å². The van der Waals surface area contributed by atoms with Crippen molar-refractivity contribution in [3.05, 3.63) is 30.1 Å². The Morgan fingerprint density at radius 2 is 2.11 bits per heavy atom. The van der Waals surface area contributed by atoms with Gasteiger partial charge in [0, 0.05) is 6.04 Å². The van der Waals surface area contributed by atoms with Gasteiger partial charge >= 0.3 is 0 Å². The molecule has 0 amide bonds. The van der Waals surface area contributed by atoms with Crippen LogP contribution < -0.4 is 5.73 Å². The van der Waals surface area contributed by atoms with Crippen LogP contribution in [0.4, 0.5) is 4.39 Å². The van der Waals surface area contributed by atoms with E-state index in [1.54, 1.807) is 13.8 Å². The number of rotatable bonds is 5. The number of thiocarbonyl (C=S) groups is 1. The van der Waals surface area contributed by atoms with Crippen LogP contribution in [0.15, 0.2) is 29.2 Å². The normalized spacial score (nSPS) is 12.1. The molecule has 2 N–H and O–H groups in total. The zero-order valence-electron chi connectivity index (χ0n) is 10.1. The lowest BCUT2D eigenvalue weighted by molar-refractivity contribution is 0.390. The van der Waals surface area contributed by atoms with Crippen LogP contribution in [-0.2, 0) is 10.0 Å². The lowest BCUT2D eigenvalue weighted by Crippen LogP contribution is -2.42.